The quantitative estimate of drug-likeness (QED) is 0.675. The summed E-state index contributed by atoms with van der Waals surface area (Å²) in [7, 11) is 0. The first kappa shape index (κ1) is 15.9. The van der Waals surface area contributed by atoms with Gasteiger partial charge in [0.1, 0.15) is 0 Å². The van der Waals surface area contributed by atoms with E-state index in [1.54, 1.807) is 0 Å². The van der Waals surface area contributed by atoms with Crippen LogP contribution in [-0.4, -0.2) is 35.8 Å². The Hall–Kier alpha value is -1.10. The molecule has 0 aromatic heterocycles. The number of nitrogens with two attached hydrogens (primary N) is 2. The minimum Gasteiger partial charge on any atom is -0.368 e. The van der Waals surface area contributed by atoms with Gasteiger partial charge in [0.05, 0.1) is 12.6 Å². The van der Waals surface area contributed by atoms with Crippen molar-refractivity contribution in [3.63, 3.8) is 0 Å². The maximum absolute atomic E-state index is 12.1. The summed E-state index contributed by atoms with van der Waals surface area (Å²) in [5.41, 5.74) is 11.0. The van der Waals surface area contributed by atoms with Crippen molar-refractivity contribution in [1.29, 1.82) is 0 Å². The summed E-state index contributed by atoms with van der Waals surface area (Å²) in [6.45, 7) is 8.33. The molecule has 0 saturated carbocycles. The number of carbonyl (C=O) groups is 2. The van der Waals surface area contributed by atoms with E-state index in [0.29, 0.717) is 6.54 Å². The molecule has 0 fully saturated rings. The highest BCUT2D eigenvalue weighted by atomic mass is 16.2. The van der Waals surface area contributed by atoms with Crippen LogP contribution in [-0.2, 0) is 9.59 Å². The summed E-state index contributed by atoms with van der Waals surface area (Å²) in [4.78, 5) is 24.5. The Bertz CT molecular complexity index is 266. The predicted octanol–water partition coefficient (Wildman–Crippen LogP) is 0.330. The average molecular weight is 243 g/mol. The van der Waals surface area contributed by atoms with Crippen molar-refractivity contribution in [3.05, 3.63) is 0 Å². The Labute approximate surface area is 104 Å². The first-order chi connectivity index (χ1) is 7.79. The average Bonchev–Trinajstić information content (AvgIpc) is 2.23. The van der Waals surface area contributed by atoms with Gasteiger partial charge in [-0.15, -0.1) is 0 Å². The van der Waals surface area contributed by atoms with Crippen LogP contribution in [0.5, 0.6) is 0 Å². The van der Waals surface area contributed by atoms with Crippen LogP contribution < -0.4 is 11.5 Å². The smallest absolute Gasteiger partial charge is 0.240 e. The zero-order chi connectivity index (χ0) is 13.6. The number of hydrogen-bond donors (Lipinski definition) is 2. The standard InChI is InChI=1S/C12H25N3O2/c1-5-9(4)11(14)12(17)15(6-8(2)3)7-10(13)16/h8-9,11H,5-7,14H2,1-4H3,(H2,13,16). The molecule has 0 heterocycles. The second-order valence-electron chi connectivity index (χ2n) is 4.99. The largest absolute Gasteiger partial charge is 0.368 e. The van der Waals surface area contributed by atoms with Crippen molar-refractivity contribution in [1.82, 2.24) is 4.90 Å². The SMILES string of the molecule is CCC(C)C(N)C(=O)N(CC(N)=O)CC(C)C. The van der Waals surface area contributed by atoms with Gasteiger partial charge in [0.15, 0.2) is 0 Å². The molecule has 0 aromatic rings. The van der Waals surface area contributed by atoms with Gasteiger partial charge in [-0.2, -0.15) is 0 Å². The number of nitrogens with zero attached hydrogens (tertiary/aromatic N) is 1. The Morgan fingerprint density at radius 2 is 1.76 bits per heavy atom. The van der Waals surface area contributed by atoms with Crippen LogP contribution in [0, 0.1) is 11.8 Å². The zero-order valence-corrected chi connectivity index (χ0v) is 11.3. The van der Waals surface area contributed by atoms with Crippen LogP contribution >= 0.6 is 0 Å². The molecule has 4 N–H and O–H groups in total. The fourth-order valence-corrected chi connectivity index (χ4v) is 1.57. The number of rotatable bonds is 7. The molecule has 0 rings (SSSR count). The van der Waals surface area contributed by atoms with E-state index in [1.165, 1.54) is 4.90 Å². The lowest BCUT2D eigenvalue weighted by atomic mass is 9.98. The van der Waals surface area contributed by atoms with Crippen LogP contribution in [0.15, 0.2) is 0 Å². The predicted molar refractivity (Wildman–Crippen MR) is 68.0 cm³/mol. The van der Waals surface area contributed by atoms with Crippen molar-refractivity contribution in [2.45, 2.75) is 40.2 Å². The highest BCUT2D eigenvalue weighted by Gasteiger charge is 2.26. The molecule has 5 heteroatoms. The first-order valence-electron chi connectivity index (χ1n) is 6.12. The number of hydrogen-bond acceptors (Lipinski definition) is 3. The summed E-state index contributed by atoms with van der Waals surface area (Å²) in [6, 6.07) is -0.557. The molecule has 0 aromatic carbocycles. The van der Waals surface area contributed by atoms with E-state index < -0.39 is 11.9 Å². The Kier molecular flexibility index (Phi) is 6.80. The maximum atomic E-state index is 12.1. The van der Waals surface area contributed by atoms with E-state index in [1.807, 2.05) is 27.7 Å². The van der Waals surface area contributed by atoms with Gasteiger partial charge in [-0.25, -0.2) is 0 Å². The second-order valence-corrected chi connectivity index (χ2v) is 4.99. The molecule has 0 saturated heterocycles. The minimum absolute atomic E-state index is 0.0544. The molecule has 0 spiro atoms. The first-order valence-corrected chi connectivity index (χ1v) is 6.12. The third kappa shape index (κ3) is 5.68. The Morgan fingerprint density at radius 3 is 2.12 bits per heavy atom. The second kappa shape index (κ2) is 7.27. The molecule has 2 unspecified atom stereocenters. The van der Waals surface area contributed by atoms with Crippen molar-refractivity contribution in [2.24, 2.45) is 23.3 Å². The van der Waals surface area contributed by atoms with Gasteiger partial charge in [-0.05, 0) is 11.8 Å². The van der Waals surface area contributed by atoms with E-state index in [4.69, 9.17) is 11.5 Å². The van der Waals surface area contributed by atoms with Gasteiger partial charge in [-0.3, -0.25) is 9.59 Å². The highest BCUT2D eigenvalue weighted by Crippen LogP contribution is 2.10. The van der Waals surface area contributed by atoms with E-state index >= 15 is 0 Å². The number of primary amides is 1. The third-order valence-electron chi connectivity index (χ3n) is 2.79. The molecule has 2 atom stereocenters. The van der Waals surface area contributed by atoms with Gasteiger partial charge in [0, 0.05) is 6.54 Å². The fourth-order valence-electron chi connectivity index (χ4n) is 1.57. The van der Waals surface area contributed by atoms with Gasteiger partial charge in [0.25, 0.3) is 0 Å². The lowest BCUT2D eigenvalue weighted by molar-refractivity contribution is -0.137. The van der Waals surface area contributed by atoms with E-state index in [-0.39, 0.29) is 24.3 Å². The van der Waals surface area contributed by atoms with Crippen LogP contribution in [0.1, 0.15) is 34.1 Å². The van der Waals surface area contributed by atoms with Gasteiger partial charge >= 0.3 is 0 Å². The number of amides is 2. The summed E-state index contributed by atoms with van der Waals surface area (Å²) < 4.78 is 0. The summed E-state index contributed by atoms with van der Waals surface area (Å²) in [6.07, 6.45) is 0.832. The van der Waals surface area contributed by atoms with Gasteiger partial charge < -0.3 is 16.4 Å². The molecule has 0 bridgehead atoms. The molecule has 0 aliphatic carbocycles. The van der Waals surface area contributed by atoms with Gasteiger partial charge in [-0.1, -0.05) is 34.1 Å². The van der Waals surface area contributed by atoms with E-state index in [9.17, 15) is 9.59 Å². The van der Waals surface area contributed by atoms with E-state index in [0.717, 1.165) is 6.42 Å². The Balaban J connectivity index is 4.66. The number of carbonyl (C=O) groups excluding carboxylic acids is 2. The topological polar surface area (TPSA) is 89.4 Å². The monoisotopic (exact) mass is 243 g/mol. The maximum Gasteiger partial charge on any atom is 0.240 e. The molecule has 100 valence electrons. The normalized spacial score (nSPS) is 14.5. The van der Waals surface area contributed by atoms with Crippen molar-refractivity contribution in [3.8, 4) is 0 Å². The molecule has 5 nitrogen and oxygen atoms in total. The molecule has 0 aliphatic rings. The molecular weight excluding hydrogens is 218 g/mol. The summed E-state index contributed by atoms with van der Waals surface area (Å²) in [5.74, 6) is -0.310. The fraction of sp³-hybridized carbons (Fsp3) is 0.833. The molecule has 0 aliphatic heterocycles. The van der Waals surface area contributed by atoms with Crippen LogP contribution in [0.25, 0.3) is 0 Å². The lowest BCUT2D eigenvalue weighted by Gasteiger charge is -2.28. The van der Waals surface area contributed by atoms with E-state index in [2.05, 4.69) is 0 Å². The molecule has 0 radical (unpaired) electrons. The minimum atomic E-state index is -0.557. The summed E-state index contributed by atoms with van der Waals surface area (Å²) in [5, 5.41) is 0. The molecule has 17 heavy (non-hydrogen) atoms. The zero-order valence-electron chi connectivity index (χ0n) is 11.3. The Morgan fingerprint density at radius 1 is 1.24 bits per heavy atom. The molecular formula is C12H25N3O2. The van der Waals surface area contributed by atoms with Crippen LogP contribution in [0.4, 0.5) is 0 Å². The lowest BCUT2D eigenvalue weighted by Crippen LogP contribution is -2.50. The van der Waals surface area contributed by atoms with Crippen molar-refractivity contribution in [2.75, 3.05) is 13.1 Å². The third-order valence-corrected chi connectivity index (χ3v) is 2.79. The van der Waals surface area contributed by atoms with Crippen molar-refractivity contribution < 1.29 is 9.59 Å². The highest BCUT2D eigenvalue weighted by molar-refractivity contribution is 5.86. The van der Waals surface area contributed by atoms with Crippen LogP contribution in [0.3, 0.4) is 0 Å². The van der Waals surface area contributed by atoms with Gasteiger partial charge in [0.2, 0.25) is 11.8 Å². The van der Waals surface area contributed by atoms with Crippen molar-refractivity contribution >= 4 is 11.8 Å². The molecule has 2 amide bonds. The van der Waals surface area contributed by atoms with Crippen LogP contribution in [0.2, 0.25) is 0 Å². The summed E-state index contributed by atoms with van der Waals surface area (Å²) >= 11 is 0.